The molecule has 1 aromatic rings. The molecule has 0 spiro atoms. The second-order valence-electron chi connectivity index (χ2n) is 3.94. The lowest BCUT2D eigenvalue weighted by Crippen LogP contribution is -2.18. The first-order valence-electron chi connectivity index (χ1n) is 5.46. The topological polar surface area (TPSA) is 81.1 Å². The Morgan fingerprint density at radius 3 is 2.50 bits per heavy atom. The number of carbonyl (C=O) groups excluding carboxylic acids is 1. The van der Waals surface area contributed by atoms with Crippen molar-refractivity contribution >= 4 is 25.6 Å². The van der Waals surface area contributed by atoms with Gasteiger partial charge in [-0.15, -0.1) is 0 Å². The van der Waals surface area contributed by atoms with E-state index >= 15 is 0 Å². The summed E-state index contributed by atoms with van der Waals surface area (Å²) in [6, 6.07) is 0. The predicted octanol–water partition coefficient (Wildman–Crippen LogP) is 0.954. The van der Waals surface area contributed by atoms with Gasteiger partial charge in [-0.2, -0.15) is 5.10 Å². The number of hydrogen-bond donors (Lipinski definition) is 1. The van der Waals surface area contributed by atoms with Gasteiger partial charge < -0.3 is 5.32 Å². The van der Waals surface area contributed by atoms with Gasteiger partial charge in [0.2, 0.25) is 5.91 Å². The molecule has 1 rings (SSSR count). The Hall–Kier alpha value is -1.08. The van der Waals surface area contributed by atoms with Gasteiger partial charge >= 0.3 is 0 Å². The largest absolute Gasteiger partial charge is 0.359 e. The minimum atomic E-state index is -3.78. The molecule has 0 aliphatic rings. The molecule has 0 radical (unpaired) electrons. The number of carbonyl (C=O) groups is 1. The van der Waals surface area contributed by atoms with Crippen LogP contribution >= 0.6 is 10.7 Å². The number of aromatic nitrogens is 2. The first-order chi connectivity index (χ1) is 8.27. The van der Waals surface area contributed by atoms with E-state index in [2.05, 4.69) is 10.4 Å². The summed E-state index contributed by atoms with van der Waals surface area (Å²) >= 11 is 0. The summed E-state index contributed by atoms with van der Waals surface area (Å²) < 4.78 is 24.3. The molecule has 8 heteroatoms. The predicted molar refractivity (Wildman–Crippen MR) is 68.0 cm³/mol. The number of rotatable bonds is 5. The lowest BCUT2D eigenvalue weighted by atomic mass is 10.3. The fourth-order valence-electron chi connectivity index (χ4n) is 1.77. The number of nitrogens with one attached hydrogen (secondary N) is 1. The summed E-state index contributed by atoms with van der Waals surface area (Å²) in [4.78, 5) is 11.1. The standard InChI is InChI=1S/C10H16ClN3O3S/c1-7-10(18(11,16)17)8(2)14(13-7)6-4-5-9(15)12-3/h4-6H2,1-3H3,(H,12,15). The molecule has 0 aliphatic carbocycles. The first kappa shape index (κ1) is 15.0. The van der Waals surface area contributed by atoms with Crippen LogP contribution in [0.3, 0.4) is 0 Å². The molecule has 102 valence electrons. The van der Waals surface area contributed by atoms with Crippen LogP contribution < -0.4 is 5.32 Å². The molecule has 1 aromatic heterocycles. The van der Waals surface area contributed by atoms with Gasteiger partial charge in [0, 0.05) is 30.7 Å². The van der Waals surface area contributed by atoms with Crippen LogP contribution in [0.2, 0.25) is 0 Å². The number of hydrogen-bond acceptors (Lipinski definition) is 4. The van der Waals surface area contributed by atoms with Crippen molar-refractivity contribution in [1.82, 2.24) is 15.1 Å². The summed E-state index contributed by atoms with van der Waals surface area (Å²) in [5.74, 6) is -0.0540. The highest BCUT2D eigenvalue weighted by Gasteiger charge is 2.22. The van der Waals surface area contributed by atoms with E-state index < -0.39 is 9.05 Å². The molecule has 0 saturated carbocycles. The maximum atomic E-state index is 11.4. The normalized spacial score (nSPS) is 11.6. The van der Waals surface area contributed by atoms with E-state index in [0.717, 1.165) is 0 Å². The summed E-state index contributed by atoms with van der Waals surface area (Å²) in [5, 5.41) is 6.64. The van der Waals surface area contributed by atoms with Crippen molar-refractivity contribution in [2.75, 3.05) is 7.05 Å². The summed E-state index contributed by atoms with van der Waals surface area (Å²) in [7, 11) is 3.14. The van der Waals surface area contributed by atoms with Gasteiger partial charge in [0.25, 0.3) is 9.05 Å². The van der Waals surface area contributed by atoms with E-state index in [-0.39, 0.29) is 10.8 Å². The zero-order chi connectivity index (χ0) is 13.9. The fraction of sp³-hybridized carbons (Fsp3) is 0.600. The minimum absolute atomic E-state index is 0.0540. The zero-order valence-electron chi connectivity index (χ0n) is 10.5. The monoisotopic (exact) mass is 293 g/mol. The molecule has 0 aromatic carbocycles. The average Bonchev–Trinajstić information content (AvgIpc) is 2.53. The van der Waals surface area contributed by atoms with Gasteiger partial charge in [-0.05, 0) is 20.3 Å². The third kappa shape index (κ3) is 3.46. The summed E-state index contributed by atoms with van der Waals surface area (Å²) in [6.07, 6.45) is 0.960. The van der Waals surface area contributed by atoms with Crippen LogP contribution in [-0.4, -0.2) is 31.2 Å². The Balaban J connectivity index is 2.84. The summed E-state index contributed by atoms with van der Waals surface area (Å²) in [5.41, 5.74) is 0.877. The second kappa shape index (κ2) is 5.71. The smallest absolute Gasteiger partial charge is 0.264 e. The van der Waals surface area contributed by atoms with E-state index in [1.807, 2.05) is 0 Å². The Morgan fingerprint density at radius 2 is 2.06 bits per heavy atom. The number of halogens is 1. The highest BCUT2D eigenvalue weighted by molar-refractivity contribution is 8.13. The van der Waals surface area contributed by atoms with Gasteiger partial charge in [0.15, 0.2) is 0 Å². The van der Waals surface area contributed by atoms with E-state index in [9.17, 15) is 13.2 Å². The molecule has 0 fully saturated rings. The number of nitrogens with zero attached hydrogens (tertiary/aromatic N) is 2. The molecule has 0 unspecified atom stereocenters. The highest BCUT2D eigenvalue weighted by atomic mass is 35.7. The molecular formula is C10H16ClN3O3S. The van der Waals surface area contributed by atoms with Crippen LogP contribution in [0.4, 0.5) is 0 Å². The molecule has 0 saturated heterocycles. The molecule has 6 nitrogen and oxygen atoms in total. The van der Waals surface area contributed by atoms with E-state index in [1.54, 1.807) is 25.6 Å². The van der Waals surface area contributed by atoms with E-state index in [4.69, 9.17) is 10.7 Å². The quantitative estimate of drug-likeness (QED) is 0.820. The third-order valence-corrected chi connectivity index (χ3v) is 4.15. The molecule has 18 heavy (non-hydrogen) atoms. The third-order valence-electron chi connectivity index (χ3n) is 2.61. The van der Waals surface area contributed by atoms with Crippen LogP contribution in [0.1, 0.15) is 24.2 Å². The molecular weight excluding hydrogens is 278 g/mol. The fourth-order valence-corrected chi connectivity index (χ4v) is 3.29. The van der Waals surface area contributed by atoms with Crippen molar-refractivity contribution in [2.45, 2.75) is 38.1 Å². The van der Waals surface area contributed by atoms with E-state index in [0.29, 0.717) is 30.8 Å². The van der Waals surface area contributed by atoms with Crippen LogP contribution in [-0.2, 0) is 20.4 Å². The van der Waals surface area contributed by atoms with Gasteiger partial charge in [0.1, 0.15) is 4.90 Å². The lowest BCUT2D eigenvalue weighted by molar-refractivity contribution is -0.120. The van der Waals surface area contributed by atoms with Gasteiger partial charge in [-0.3, -0.25) is 9.48 Å². The summed E-state index contributed by atoms with van der Waals surface area (Å²) in [6.45, 7) is 3.72. The van der Waals surface area contributed by atoms with Crippen LogP contribution in [0, 0.1) is 13.8 Å². The molecule has 1 N–H and O–H groups in total. The SMILES string of the molecule is CNC(=O)CCCn1nc(C)c(S(=O)(=O)Cl)c1C. The number of aryl methyl sites for hydroxylation is 2. The first-order valence-corrected chi connectivity index (χ1v) is 7.77. The molecule has 0 aliphatic heterocycles. The van der Waals surface area contributed by atoms with Gasteiger partial charge in [-0.1, -0.05) is 0 Å². The minimum Gasteiger partial charge on any atom is -0.359 e. The van der Waals surface area contributed by atoms with Crippen molar-refractivity contribution in [3.8, 4) is 0 Å². The molecule has 1 amide bonds. The Kier molecular flexibility index (Phi) is 4.75. The Morgan fingerprint density at radius 1 is 1.44 bits per heavy atom. The van der Waals surface area contributed by atoms with Crippen LogP contribution in [0.25, 0.3) is 0 Å². The maximum absolute atomic E-state index is 11.4. The van der Waals surface area contributed by atoms with Gasteiger partial charge in [0.05, 0.1) is 11.4 Å². The Bertz CT molecular complexity index is 551. The molecule has 1 heterocycles. The van der Waals surface area contributed by atoms with Crippen LogP contribution in [0.15, 0.2) is 4.90 Å². The highest BCUT2D eigenvalue weighted by Crippen LogP contribution is 2.23. The average molecular weight is 294 g/mol. The van der Waals surface area contributed by atoms with Crippen LogP contribution in [0.5, 0.6) is 0 Å². The second-order valence-corrected chi connectivity index (χ2v) is 6.44. The van der Waals surface area contributed by atoms with Crippen molar-refractivity contribution in [3.05, 3.63) is 11.4 Å². The molecule has 0 bridgehead atoms. The lowest BCUT2D eigenvalue weighted by Gasteiger charge is -2.04. The van der Waals surface area contributed by atoms with Crippen molar-refractivity contribution in [1.29, 1.82) is 0 Å². The van der Waals surface area contributed by atoms with Gasteiger partial charge in [-0.25, -0.2) is 8.42 Å². The van der Waals surface area contributed by atoms with Crippen molar-refractivity contribution in [2.24, 2.45) is 0 Å². The Labute approximate surface area is 111 Å². The van der Waals surface area contributed by atoms with Crippen molar-refractivity contribution < 1.29 is 13.2 Å². The molecule has 0 atom stereocenters. The van der Waals surface area contributed by atoms with E-state index in [1.165, 1.54) is 0 Å². The zero-order valence-corrected chi connectivity index (χ0v) is 12.1. The maximum Gasteiger partial charge on any atom is 0.264 e. The van der Waals surface area contributed by atoms with Crippen molar-refractivity contribution in [3.63, 3.8) is 0 Å². The number of amides is 1.